The van der Waals surface area contributed by atoms with E-state index >= 15 is 0 Å². The largest absolute Gasteiger partial charge is 0.370 e. The van der Waals surface area contributed by atoms with Gasteiger partial charge in [0.15, 0.2) is 5.96 Å². The predicted molar refractivity (Wildman–Crippen MR) is 87.8 cm³/mol. The molecule has 1 atom stereocenters. The molecule has 0 saturated heterocycles. The van der Waals surface area contributed by atoms with Gasteiger partial charge in [-0.2, -0.15) is 5.26 Å². The number of benzene rings is 1. The van der Waals surface area contributed by atoms with Crippen molar-refractivity contribution in [3.8, 4) is 6.07 Å². The lowest BCUT2D eigenvalue weighted by Crippen LogP contribution is -2.38. The van der Waals surface area contributed by atoms with Gasteiger partial charge in [-0.3, -0.25) is 0 Å². The topological polar surface area (TPSA) is 74.2 Å². The SMILES string of the molecule is CC(C)CCCC(C)NC(N)=NCc1ccc(C#N)cc1. The van der Waals surface area contributed by atoms with Gasteiger partial charge in [-0.05, 0) is 37.0 Å². The Morgan fingerprint density at radius 1 is 1.24 bits per heavy atom. The van der Waals surface area contributed by atoms with Gasteiger partial charge in [-0.1, -0.05) is 38.8 Å². The molecule has 0 fully saturated rings. The highest BCUT2D eigenvalue weighted by Gasteiger charge is 2.03. The Balaban J connectivity index is 2.36. The first-order chi connectivity index (χ1) is 10.0. The van der Waals surface area contributed by atoms with Gasteiger partial charge >= 0.3 is 0 Å². The van der Waals surface area contributed by atoms with Crippen LogP contribution in [0.15, 0.2) is 29.3 Å². The normalized spacial score (nSPS) is 13.0. The molecule has 0 radical (unpaired) electrons. The molecule has 0 amide bonds. The van der Waals surface area contributed by atoms with Gasteiger partial charge in [-0.25, -0.2) is 4.99 Å². The number of rotatable bonds is 7. The zero-order valence-corrected chi connectivity index (χ0v) is 13.3. The third kappa shape index (κ3) is 7.36. The van der Waals surface area contributed by atoms with E-state index in [-0.39, 0.29) is 0 Å². The first-order valence-electron chi connectivity index (χ1n) is 7.56. The minimum absolute atomic E-state index is 0.341. The Hall–Kier alpha value is -2.02. The standard InChI is InChI=1S/C17H26N4/c1-13(2)5-4-6-14(3)21-17(19)20-12-16-9-7-15(11-18)8-10-16/h7-10,13-14H,4-6,12H2,1-3H3,(H3,19,20,21). The van der Waals surface area contributed by atoms with Crippen molar-refractivity contribution >= 4 is 5.96 Å². The number of hydrogen-bond acceptors (Lipinski definition) is 2. The minimum atomic E-state index is 0.341. The van der Waals surface area contributed by atoms with Gasteiger partial charge < -0.3 is 11.1 Å². The molecule has 1 rings (SSSR count). The summed E-state index contributed by atoms with van der Waals surface area (Å²) in [6.07, 6.45) is 3.55. The maximum Gasteiger partial charge on any atom is 0.189 e. The molecule has 1 aromatic carbocycles. The smallest absolute Gasteiger partial charge is 0.189 e. The fraction of sp³-hybridized carbons (Fsp3) is 0.529. The summed E-state index contributed by atoms with van der Waals surface area (Å²) < 4.78 is 0. The predicted octanol–water partition coefficient (Wildman–Crippen LogP) is 3.18. The minimum Gasteiger partial charge on any atom is -0.370 e. The van der Waals surface area contributed by atoms with Crippen LogP contribution in [0.2, 0.25) is 0 Å². The average Bonchev–Trinajstić information content (AvgIpc) is 2.45. The molecule has 0 aliphatic carbocycles. The van der Waals surface area contributed by atoms with Crippen LogP contribution >= 0.6 is 0 Å². The van der Waals surface area contributed by atoms with Crippen LogP contribution in [0.4, 0.5) is 0 Å². The molecule has 0 aliphatic heterocycles. The van der Waals surface area contributed by atoms with E-state index in [0.717, 1.165) is 17.9 Å². The molecule has 0 heterocycles. The maximum atomic E-state index is 8.74. The number of aliphatic imine (C=N–C) groups is 1. The lowest BCUT2D eigenvalue weighted by molar-refractivity contribution is 0.493. The number of nitrogens with one attached hydrogen (secondary N) is 1. The van der Waals surface area contributed by atoms with E-state index in [9.17, 15) is 0 Å². The first-order valence-corrected chi connectivity index (χ1v) is 7.56. The van der Waals surface area contributed by atoms with Crippen LogP contribution in [0.5, 0.6) is 0 Å². The zero-order valence-electron chi connectivity index (χ0n) is 13.3. The van der Waals surface area contributed by atoms with E-state index in [4.69, 9.17) is 11.0 Å². The van der Waals surface area contributed by atoms with E-state index in [2.05, 4.69) is 37.1 Å². The summed E-state index contributed by atoms with van der Waals surface area (Å²) in [5.41, 5.74) is 7.60. The van der Waals surface area contributed by atoms with Crippen molar-refractivity contribution < 1.29 is 0 Å². The highest BCUT2D eigenvalue weighted by molar-refractivity contribution is 5.78. The molecule has 114 valence electrons. The lowest BCUT2D eigenvalue weighted by atomic mass is 10.0. The van der Waals surface area contributed by atoms with Crippen molar-refractivity contribution in [2.45, 2.75) is 52.6 Å². The summed E-state index contributed by atoms with van der Waals surface area (Å²) in [5, 5.41) is 12.0. The van der Waals surface area contributed by atoms with Gasteiger partial charge in [-0.15, -0.1) is 0 Å². The molecule has 4 nitrogen and oxygen atoms in total. The quantitative estimate of drug-likeness (QED) is 0.597. The molecule has 4 heteroatoms. The zero-order chi connectivity index (χ0) is 15.7. The van der Waals surface area contributed by atoms with E-state index in [1.807, 2.05) is 12.1 Å². The van der Waals surface area contributed by atoms with E-state index in [1.54, 1.807) is 12.1 Å². The molecule has 21 heavy (non-hydrogen) atoms. The first kappa shape index (κ1) is 17.0. The Morgan fingerprint density at radius 3 is 2.48 bits per heavy atom. The number of nitrogens with two attached hydrogens (primary N) is 1. The van der Waals surface area contributed by atoms with Crippen molar-refractivity contribution in [2.24, 2.45) is 16.6 Å². The fourth-order valence-electron chi connectivity index (χ4n) is 2.06. The third-order valence-corrected chi connectivity index (χ3v) is 3.33. The lowest BCUT2D eigenvalue weighted by Gasteiger charge is -2.15. The van der Waals surface area contributed by atoms with Crippen molar-refractivity contribution in [1.29, 1.82) is 5.26 Å². The molecular weight excluding hydrogens is 260 g/mol. The molecular formula is C17H26N4. The molecule has 0 aliphatic rings. The van der Waals surface area contributed by atoms with Crippen molar-refractivity contribution in [3.63, 3.8) is 0 Å². The monoisotopic (exact) mass is 286 g/mol. The number of guanidine groups is 1. The molecule has 1 unspecified atom stereocenters. The van der Waals surface area contributed by atoms with Gasteiger partial charge in [0, 0.05) is 6.04 Å². The second-order valence-electron chi connectivity index (χ2n) is 5.88. The summed E-state index contributed by atoms with van der Waals surface area (Å²) in [7, 11) is 0. The van der Waals surface area contributed by atoms with Gasteiger partial charge in [0.1, 0.15) is 0 Å². The number of hydrogen-bond donors (Lipinski definition) is 2. The average molecular weight is 286 g/mol. The van der Waals surface area contributed by atoms with Crippen molar-refractivity contribution in [2.75, 3.05) is 0 Å². The second-order valence-corrected chi connectivity index (χ2v) is 5.88. The van der Waals surface area contributed by atoms with Crippen LogP contribution < -0.4 is 11.1 Å². The Kier molecular flexibility index (Phi) is 7.31. The van der Waals surface area contributed by atoms with E-state index in [1.165, 1.54) is 12.8 Å². The van der Waals surface area contributed by atoms with E-state index < -0.39 is 0 Å². The van der Waals surface area contributed by atoms with Gasteiger partial charge in [0.05, 0.1) is 18.2 Å². The fourth-order valence-corrected chi connectivity index (χ4v) is 2.06. The van der Waals surface area contributed by atoms with Gasteiger partial charge in [0.25, 0.3) is 0 Å². The van der Waals surface area contributed by atoms with Crippen molar-refractivity contribution in [1.82, 2.24) is 5.32 Å². The van der Waals surface area contributed by atoms with Crippen LogP contribution in [-0.2, 0) is 6.54 Å². The third-order valence-electron chi connectivity index (χ3n) is 3.33. The Bertz CT molecular complexity index is 483. The Morgan fingerprint density at radius 2 is 1.90 bits per heavy atom. The van der Waals surface area contributed by atoms with Crippen molar-refractivity contribution in [3.05, 3.63) is 35.4 Å². The summed E-state index contributed by atoms with van der Waals surface area (Å²) in [4.78, 5) is 4.33. The highest BCUT2D eigenvalue weighted by atomic mass is 15.1. The van der Waals surface area contributed by atoms with Crippen LogP contribution in [0, 0.1) is 17.2 Å². The Labute approximate surface area is 128 Å². The van der Waals surface area contributed by atoms with Crippen LogP contribution in [0.3, 0.4) is 0 Å². The van der Waals surface area contributed by atoms with Crippen LogP contribution in [0.25, 0.3) is 0 Å². The maximum absolute atomic E-state index is 8.74. The molecule has 1 aromatic rings. The summed E-state index contributed by atoms with van der Waals surface area (Å²) >= 11 is 0. The van der Waals surface area contributed by atoms with Crippen LogP contribution in [-0.4, -0.2) is 12.0 Å². The van der Waals surface area contributed by atoms with Crippen LogP contribution in [0.1, 0.15) is 51.2 Å². The van der Waals surface area contributed by atoms with E-state index in [0.29, 0.717) is 24.1 Å². The molecule has 3 N–H and O–H groups in total. The summed E-state index contributed by atoms with van der Waals surface area (Å²) in [5.74, 6) is 1.23. The number of nitriles is 1. The summed E-state index contributed by atoms with van der Waals surface area (Å²) in [6, 6.07) is 9.84. The van der Waals surface area contributed by atoms with Gasteiger partial charge in [0.2, 0.25) is 0 Å². The molecule has 0 saturated carbocycles. The molecule has 0 spiro atoms. The second kappa shape index (κ2) is 9.02. The highest BCUT2D eigenvalue weighted by Crippen LogP contribution is 2.08. The summed E-state index contributed by atoms with van der Waals surface area (Å²) in [6.45, 7) is 7.14. The molecule has 0 aromatic heterocycles. The molecule has 0 bridgehead atoms. The number of nitrogens with zero attached hydrogens (tertiary/aromatic N) is 2.